The summed E-state index contributed by atoms with van der Waals surface area (Å²) < 4.78 is 7.74. The predicted octanol–water partition coefficient (Wildman–Crippen LogP) is 3.08. The van der Waals surface area contributed by atoms with Crippen molar-refractivity contribution in [3.8, 4) is 0 Å². The lowest BCUT2D eigenvalue weighted by molar-refractivity contribution is 0.153. The van der Waals surface area contributed by atoms with Gasteiger partial charge in [-0.15, -0.1) is 0 Å². The minimum atomic E-state index is 0.202. The maximum absolute atomic E-state index is 5.71. The number of nitrogens with one attached hydrogen (secondary N) is 1. The molecule has 0 saturated carbocycles. The van der Waals surface area contributed by atoms with Gasteiger partial charge in [-0.1, -0.05) is 6.42 Å². The number of hydrogen-bond acceptors (Lipinski definition) is 6. The number of furan rings is 1. The fourth-order valence-electron chi connectivity index (χ4n) is 3.56. The van der Waals surface area contributed by atoms with Crippen molar-refractivity contribution in [1.82, 2.24) is 24.4 Å². The molecule has 0 spiro atoms. The van der Waals surface area contributed by atoms with E-state index in [0.29, 0.717) is 0 Å². The summed E-state index contributed by atoms with van der Waals surface area (Å²) in [5, 5.41) is 3.48. The molecule has 0 aromatic carbocycles. The third-order valence-corrected chi connectivity index (χ3v) is 4.91. The van der Waals surface area contributed by atoms with Crippen LogP contribution in [0.15, 0.2) is 35.5 Å². The first kappa shape index (κ1) is 16.1. The number of likely N-dealkylation sites (tertiary alicyclic amines) is 1. The van der Waals surface area contributed by atoms with Gasteiger partial charge in [0.25, 0.3) is 0 Å². The van der Waals surface area contributed by atoms with Gasteiger partial charge >= 0.3 is 0 Å². The fraction of sp³-hybridized carbons (Fsp3) is 0.500. The zero-order valence-corrected chi connectivity index (χ0v) is 14.6. The molecule has 1 saturated heterocycles. The van der Waals surface area contributed by atoms with Crippen LogP contribution < -0.4 is 5.32 Å². The molecule has 132 valence electrons. The molecule has 7 heteroatoms. The summed E-state index contributed by atoms with van der Waals surface area (Å²) in [6.45, 7) is 5.88. The molecule has 7 nitrogen and oxygen atoms in total. The summed E-state index contributed by atoms with van der Waals surface area (Å²) in [6.07, 6.45) is 8.97. The molecular formula is C18H24N6O. The van der Waals surface area contributed by atoms with Crippen LogP contribution in [0.4, 0.5) is 5.82 Å². The Balaban J connectivity index is 1.56. The van der Waals surface area contributed by atoms with Crippen LogP contribution in [0.5, 0.6) is 0 Å². The summed E-state index contributed by atoms with van der Waals surface area (Å²) in [6, 6.07) is 4.22. The molecule has 25 heavy (non-hydrogen) atoms. The van der Waals surface area contributed by atoms with E-state index in [-0.39, 0.29) is 6.04 Å². The molecule has 4 rings (SSSR count). The van der Waals surface area contributed by atoms with E-state index in [4.69, 9.17) is 4.42 Å². The van der Waals surface area contributed by atoms with Gasteiger partial charge in [0.15, 0.2) is 11.5 Å². The standard InChI is InChI=1S/C18H24N6O/c1-2-23-13-22-16-17(20-12-21-18(16)23)19-11-14(15-7-6-10-25-15)24-8-4-3-5-9-24/h6-7,10,12-14H,2-5,8-9,11H2,1H3,(H,19,20,21)/t14-/m0/s1. The topological polar surface area (TPSA) is 72.0 Å². The lowest BCUT2D eigenvalue weighted by Gasteiger charge is -2.33. The highest BCUT2D eigenvalue weighted by atomic mass is 16.3. The van der Waals surface area contributed by atoms with E-state index < -0.39 is 0 Å². The van der Waals surface area contributed by atoms with Crippen molar-refractivity contribution in [3.63, 3.8) is 0 Å². The maximum Gasteiger partial charge on any atom is 0.165 e. The molecule has 1 aliphatic heterocycles. The minimum Gasteiger partial charge on any atom is -0.468 e. The average molecular weight is 340 g/mol. The summed E-state index contributed by atoms with van der Waals surface area (Å²) in [7, 11) is 0. The van der Waals surface area contributed by atoms with Gasteiger partial charge in [-0.05, 0) is 45.0 Å². The second-order valence-corrected chi connectivity index (χ2v) is 6.43. The van der Waals surface area contributed by atoms with Crippen LogP contribution >= 0.6 is 0 Å². The Morgan fingerprint density at radius 1 is 1.20 bits per heavy atom. The summed E-state index contributed by atoms with van der Waals surface area (Å²) >= 11 is 0. The van der Waals surface area contributed by atoms with Gasteiger partial charge < -0.3 is 14.3 Å². The zero-order valence-electron chi connectivity index (χ0n) is 14.6. The molecule has 4 heterocycles. The molecule has 3 aromatic rings. The normalized spacial score (nSPS) is 17.0. The summed E-state index contributed by atoms with van der Waals surface area (Å²) in [5.41, 5.74) is 1.69. The van der Waals surface area contributed by atoms with Crippen molar-refractivity contribution in [3.05, 3.63) is 36.8 Å². The van der Waals surface area contributed by atoms with Crippen LogP contribution in [-0.2, 0) is 6.54 Å². The van der Waals surface area contributed by atoms with E-state index in [9.17, 15) is 0 Å². The fourth-order valence-corrected chi connectivity index (χ4v) is 3.56. The van der Waals surface area contributed by atoms with Crippen LogP contribution in [0.1, 0.15) is 38.0 Å². The van der Waals surface area contributed by atoms with E-state index >= 15 is 0 Å². The van der Waals surface area contributed by atoms with E-state index in [1.807, 2.05) is 17.0 Å². The van der Waals surface area contributed by atoms with Gasteiger partial charge in [0.1, 0.15) is 17.6 Å². The molecule has 1 N–H and O–H groups in total. The van der Waals surface area contributed by atoms with Gasteiger partial charge in [0.05, 0.1) is 18.6 Å². The molecule has 0 bridgehead atoms. The number of imidazole rings is 1. The summed E-state index contributed by atoms with van der Waals surface area (Å²) in [5.74, 6) is 1.78. The van der Waals surface area contributed by atoms with Crippen LogP contribution in [-0.4, -0.2) is 44.1 Å². The smallest absolute Gasteiger partial charge is 0.165 e. The highest BCUT2D eigenvalue weighted by molar-refractivity contribution is 5.82. The Morgan fingerprint density at radius 2 is 2.08 bits per heavy atom. The minimum absolute atomic E-state index is 0.202. The third-order valence-electron chi connectivity index (χ3n) is 4.91. The molecule has 1 fully saturated rings. The first-order chi connectivity index (χ1) is 12.4. The Morgan fingerprint density at radius 3 is 2.84 bits per heavy atom. The first-order valence-corrected chi connectivity index (χ1v) is 9.04. The molecule has 3 aromatic heterocycles. The number of piperidine rings is 1. The van der Waals surface area contributed by atoms with Crippen molar-refractivity contribution >= 4 is 17.0 Å². The van der Waals surface area contributed by atoms with Gasteiger partial charge in [-0.3, -0.25) is 4.90 Å². The third kappa shape index (κ3) is 3.24. The molecule has 0 unspecified atom stereocenters. The van der Waals surface area contributed by atoms with Gasteiger partial charge in [-0.25, -0.2) is 15.0 Å². The SMILES string of the molecule is CCn1cnc2c(NC[C@@H](c3ccco3)N3CCCCC3)ncnc21. The molecule has 0 aliphatic carbocycles. The Labute approximate surface area is 147 Å². The molecule has 0 radical (unpaired) electrons. The second kappa shape index (κ2) is 7.23. The largest absolute Gasteiger partial charge is 0.468 e. The summed E-state index contributed by atoms with van der Waals surface area (Å²) in [4.78, 5) is 15.7. The van der Waals surface area contributed by atoms with Crippen molar-refractivity contribution in [2.45, 2.75) is 38.8 Å². The van der Waals surface area contributed by atoms with E-state index in [1.165, 1.54) is 19.3 Å². The van der Waals surface area contributed by atoms with Crippen LogP contribution in [0.3, 0.4) is 0 Å². The Bertz CT molecular complexity index is 806. The molecule has 1 aliphatic rings. The molecular weight excluding hydrogens is 316 g/mol. The molecule has 0 amide bonds. The zero-order chi connectivity index (χ0) is 17.1. The van der Waals surface area contributed by atoms with Crippen molar-refractivity contribution < 1.29 is 4.42 Å². The highest BCUT2D eigenvalue weighted by Gasteiger charge is 2.24. The van der Waals surface area contributed by atoms with Gasteiger partial charge in [-0.2, -0.15) is 0 Å². The van der Waals surface area contributed by atoms with Crippen LogP contribution in [0, 0.1) is 0 Å². The number of fused-ring (bicyclic) bond motifs is 1. The number of aryl methyl sites for hydroxylation is 1. The number of rotatable bonds is 6. The van der Waals surface area contributed by atoms with Crippen molar-refractivity contribution in [1.29, 1.82) is 0 Å². The van der Waals surface area contributed by atoms with E-state index in [1.54, 1.807) is 12.6 Å². The number of anilines is 1. The maximum atomic E-state index is 5.71. The van der Waals surface area contributed by atoms with Crippen LogP contribution in [0.2, 0.25) is 0 Å². The lowest BCUT2D eigenvalue weighted by Crippen LogP contribution is -2.37. The first-order valence-electron chi connectivity index (χ1n) is 9.04. The number of aromatic nitrogens is 4. The lowest BCUT2D eigenvalue weighted by atomic mass is 10.1. The van der Waals surface area contributed by atoms with Crippen LogP contribution in [0.25, 0.3) is 11.2 Å². The Hall–Kier alpha value is -2.41. The quantitative estimate of drug-likeness (QED) is 0.743. The molecule has 1 atom stereocenters. The highest BCUT2D eigenvalue weighted by Crippen LogP contribution is 2.26. The number of hydrogen-bond donors (Lipinski definition) is 1. The monoisotopic (exact) mass is 340 g/mol. The average Bonchev–Trinajstić information content (AvgIpc) is 3.33. The van der Waals surface area contributed by atoms with Crippen molar-refractivity contribution in [2.75, 3.05) is 25.0 Å². The second-order valence-electron chi connectivity index (χ2n) is 6.43. The van der Waals surface area contributed by atoms with Gasteiger partial charge in [0, 0.05) is 13.1 Å². The Kier molecular flexibility index (Phi) is 4.65. The number of nitrogens with zero attached hydrogens (tertiary/aromatic N) is 5. The van der Waals surface area contributed by atoms with E-state index in [0.717, 1.165) is 48.9 Å². The van der Waals surface area contributed by atoms with Crippen molar-refractivity contribution in [2.24, 2.45) is 0 Å². The van der Waals surface area contributed by atoms with E-state index in [2.05, 4.69) is 38.2 Å². The predicted molar refractivity (Wildman–Crippen MR) is 96.4 cm³/mol. The van der Waals surface area contributed by atoms with Gasteiger partial charge in [0.2, 0.25) is 0 Å².